The number of likely N-dealkylation sites (N-methyl/N-ethyl adjacent to an activating group) is 1. The van der Waals surface area contributed by atoms with Gasteiger partial charge in [0.05, 0.1) is 11.5 Å². The summed E-state index contributed by atoms with van der Waals surface area (Å²) in [7, 11) is 0. The zero-order valence-corrected chi connectivity index (χ0v) is 10.5. The first-order chi connectivity index (χ1) is 8.08. The monoisotopic (exact) mass is 258 g/mol. The van der Waals surface area contributed by atoms with Crippen LogP contribution in [0.2, 0.25) is 0 Å². The molecule has 94 valence electrons. The highest BCUT2D eigenvalue weighted by atomic mass is 32.1. The molecule has 7 nitrogen and oxygen atoms in total. The molecule has 0 bridgehead atoms. The zero-order chi connectivity index (χ0) is 12.8. The van der Waals surface area contributed by atoms with Crippen molar-refractivity contribution in [3.8, 4) is 0 Å². The van der Waals surface area contributed by atoms with Gasteiger partial charge in [-0.2, -0.15) is 0 Å². The molecule has 0 aromatic carbocycles. The van der Waals surface area contributed by atoms with Gasteiger partial charge in [0.25, 0.3) is 0 Å². The summed E-state index contributed by atoms with van der Waals surface area (Å²) in [6.07, 6.45) is 1.18. The van der Waals surface area contributed by atoms with Crippen LogP contribution in [0, 0.1) is 10.1 Å². The smallest absolute Gasteiger partial charge is 0.345 e. The minimum Gasteiger partial charge on any atom is -0.352 e. The first-order valence-electron chi connectivity index (χ1n) is 5.20. The Hall–Kier alpha value is -1.70. The summed E-state index contributed by atoms with van der Waals surface area (Å²) in [6, 6.07) is 0. The van der Waals surface area contributed by atoms with Gasteiger partial charge < -0.3 is 10.2 Å². The van der Waals surface area contributed by atoms with E-state index < -0.39 is 4.92 Å². The number of carbonyl (C=O) groups is 1. The van der Waals surface area contributed by atoms with E-state index in [0.29, 0.717) is 18.2 Å². The molecule has 0 saturated carbocycles. The van der Waals surface area contributed by atoms with Crippen molar-refractivity contribution in [2.45, 2.75) is 13.8 Å². The van der Waals surface area contributed by atoms with E-state index >= 15 is 0 Å². The fraction of sp³-hybridized carbons (Fsp3) is 0.556. The lowest BCUT2D eigenvalue weighted by Gasteiger charge is -2.18. The summed E-state index contributed by atoms with van der Waals surface area (Å²) in [4.78, 5) is 27.0. The molecule has 0 saturated heterocycles. The van der Waals surface area contributed by atoms with Crippen LogP contribution < -0.4 is 5.32 Å². The van der Waals surface area contributed by atoms with Crippen LogP contribution in [0.3, 0.4) is 0 Å². The predicted molar refractivity (Wildman–Crippen MR) is 65.2 cm³/mol. The number of thiazole rings is 1. The SMILES string of the molecule is CCN(CC)C(=O)CNc1ncc([N+](=O)[O-])s1. The first kappa shape index (κ1) is 13.4. The molecule has 8 heteroatoms. The summed E-state index contributed by atoms with van der Waals surface area (Å²) in [6.45, 7) is 5.20. The van der Waals surface area contributed by atoms with Crippen molar-refractivity contribution >= 4 is 27.4 Å². The van der Waals surface area contributed by atoms with Gasteiger partial charge in [0, 0.05) is 13.1 Å². The summed E-state index contributed by atoms with van der Waals surface area (Å²) < 4.78 is 0. The number of rotatable bonds is 6. The Morgan fingerprint density at radius 2 is 2.24 bits per heavy atom. The molecular formula is C9H14N4O3S. The number of aromatic nitrogens is 1. The van der Waals surface area contributed by atoms with Crippen LogP contribution in [0.4, 0.5) is 10.1 Å². The standard InChI is InChI=1S/C9H14N4O3S/c1-3-12(4-2)7(14)5-10-9-11-6-8(17-9)13(15)16/h6H,3-5H2,1-2H3,(H,10,11). The van der Waals surface area contributed by atoms with Gasteiger partial charge >= 0.3 is 5.00 Å². The second-order valence-corrected chi connectivity index (χ2v) is 4.19. The van der Waals surface area contributed by atoms with Gasteiger partial charge in [-0.1, -0.05) is 0 Å². The topological polar surface area (TPSA) is 88.4 Å². The Balaban J connectivity index is 2.49. The van der Waals surface area contributed by atoms with Gasteiger partial charge in [-0.05, 0) is 25.2 Å². The summed E-state index contributed by atoms with van der Waals surface area (Å²) in [5, 5.41) is 13.6. The van der Waals surface area contributed by atoms with E-state index in [1.165, 1.54) is 6.20 Å². The minimum absolute atomic E-state index is 0.0391. The maximum atomic E-state index is 11.6. The highest BCUT2D eigenvalue weighted by Crippen LogP contribution is 2.24. The van der Waals surface area contributed by atoms with Crippen LogP contribution in [0.15, 0.2) is 6.20 Å². The molecule has 1 aromatic rings. The average Bonchev–Trinajstić information content (AvgIpc) is 2.76. The van der Waals surface area contributed by atoms with E-state index in [9.17, 15) is 14.9 Å². The second-order valence-electron chi connectivity index (χ2n) is 3.18. The average molecular weight is 258 g/mol. The first-order valence-corrected chi connectivity index (χ1v) is 6.02. The van der Waals surface area contributed by atoms with Crippen molar-refractivity contribution in [2.24, 2.45) is 0 Å². The van der Waals surface area contributed by atoms with Crippen molar-refractivity contribution < 1.29 is 9.72 Å². The number of hydrogen-bond donors (Lipinski definition) is 1. The molecular weight excluding hydrogens is 244 g/mol. The molecule has 1 aromatic heterocycles. The molecule has 1 N–H and O–H groups in total. The lowest BCUT2D eigenvalue weighted by molar-refractivity contribution is -0.380. The van der Waals surface area contributed by atoms with E-state index in [-0.39, 0.29) is 17.5 Å². The van der Waals surface area contributed by atoms with Crippen LogP contribution in [-0.2, 0) is 4.79 Å². The van der Waals surface area contributed by atoms with Crippen LogP contribution in [-0.4, -0.2) is 40.3 Å². The van der Waals surface area contributed by atoms with Crippen LogP contribution in [0.25, 0.3) is 0 Å². The van der Waals surface area contributed by atoms with Crippen LogP contribution in [0.1, 0.15) is 13.8 Å². The highest BCUT2D eigenvalue weighted by molar-refractivity contribution is 7.18. The van der Waals surface area contributed by atoms with Crippen LogP contribution in [0.5, 0.6) is 0 Å². The predicted octanol–water partition coefficient (Wildman–Crippen LogP) is 1.33. The largest absolute Gasteiger partial charge is 0.352 e. The van der Waals surface area contributed by atoms with Crippen molar-refractivity contribution in [1.29, 1.82) is 0 Å². The third-order valence-electron chi connectivity index (χ3n) is 2.18. The van der Waals surface area contributed by atoms with E-state index in [0.717, 1.165) is 11.3 Å². The molecule has 0 fully saturated rings. The molecule has 0 atom stereocenters. The molecule has 0 aliphatic heterocycles. The number of nitro groups is 1. The number of amides is 1. The Bertz CT molecular complexity index is 403. The summed E-state index contributed by atoms with van der Waals surface area (Å²) >= 11 is 0.918. The van der Waals surface area contributed by atoms with E-state index in [1.54, 1.807) is 4.90 Å². The third kappa shape index (κ3) is 3.66. The van der Waals surface area contributed by atoms with Gasteiger partial charge in [-0.3, -0.25) is 14.9 Å². The second kappa shape index (κ2) is 6.14. The summed E-state index contributed by atoms with van der Waals surface area (Å²) in [5.74, 6) is -0.0483. The Morgan fingerprint density at radius 3 is 2.71 bits per heavy atom. The lowest BCUT2D eigenvalue weighted by atomic mass is 10.4. The summed E-state index contributed by atoms with van der Waals surface area (Å²) in [5.41, 5.74) is 0. The van der Waals surface area contributed by atoms with Gasteiger partial charge in [-0.25, -0.2) is 4.98 Å². The molecule has 0 aliphatic rings. The number of anilines is 1. The number of nitrogens with zero attached hydrogens (tertiary/aromatic N) is 3. The van der Waals surface area contributed by atoms with Crippen molar-refractivity contribution in [3.05, 3.63) is 16.3 Å². The van der Waals surface area contributed by atoms with Gasteiger partial charge in [0.1, 0.15) is 6.20 Å². The Morgan fingerprint density at radius 1 is 1.59 bits per heavy atom. The molecule has 1 amide bonds. The number of hydrogen-bond acceptors (Lipinski definition) is 6. The van der Waals surface area contributed by atoms with E-state index in [2.05, 4.69) is 10.3 Å². The quantitative estimate of drug-likeness (QED) is 0.614. The zero-order valence-electron chi connectivity index (χ0n) is 9.67. The van der Waals surface area contributed by atoms with Gasteiger partial charge in [-0.15, -0.1) is 0 Å². The third-order valence-corrected chi connectivity index (χ3v) is 3.09. The Labute approximate surface area is 103 Å². The van der Waals surface area contributed by atoms with Crippen molar-refractivity contribution in [1.82, 2.24) is 9.88 Å². The van der Waals surface area contributed by atoms with E-state index in [4.69, 9.17) is 0 Å². The fourth-order valence-corrected chi connectivity index (χ4v) is 1.90. The minimum atomic E-state index is -0.505. The highest BCUT2D eigenvalue weighted by Gasteiger charge is 2.13. The number of nitrogens with one attached hydrogen (secondary N) is 1. The normalized spacial score (nSPS) is 10.0. The Kier molecular flexibility index (Phi) is 4.83. The van der Waals surface area contributed by atoms with Crippen LogP contribution >= 0.6 is 11.3 Å². The molecule has 0 spiro atoms. The van der Waals surface area contributed by atoms with Gasteiger partial charge in [0.2, 0.25) is 5.91 Å². The maximum absolute atomic E-state index is 11.6. The number of carbonyl (C=O) groups excluding carboxylic acids is 1. The molecule has 0 aliphatic carbocycles. The van der Waals surface area contributed by atoms with E-state index in [1.807, 2.05) is 13.8 Å². The van der Waals surface area contributed by atoms with Crippen molar-refractivity contribution in [2.75, 3.05) is 25.0 Å². The maximum Gasteiger partial charge on any atom is 0.345 e. The molecule has 0 unspecified atom stereocenters. The molecule has 1 rings (SSSR count). The molecule has 17 heavy (non-hydrogen) atoms. The fourth-order valence-electron chi connectivity index (χ4n) is 1.27. The molecule has 1 heterocycles. The lowest BCUT2D eigenvalue weighted by Crippen LogP contribution is -2.35. The van der Waals surface area contributed by atoms with Gasteiger partial charge in [0.15, 0.2) is 5.13 Å². The molecule has 0 radical (unpaired) electrons. The van der Waals surface area contributed by atoms with Crippen molar-refractivity contribution in [3.63, 3.8) is 0 Å².